The Kier molecular flexibility index (Phi) is 3.96. The van der Waals surface area contributed by atoms with Crippen molar-refractivity contribution in [1.29, 1.82) is 0 Å². The van der Waals surface area contributed by atoms with Gasteiger partial charge < -0.3 is 0 Å². The number of hydrogen-bond acceptors (Lipinski definition) is 0. The van der Waals surface area contributed by atoms with Crippen LogP contribution >= 0.6 is 0 Å². The predicted molar refractivity (Wildman–Crippen MR) is 92.6 cm³/mol. The summed E-state index contributed by atoms with van der Waals surface area (Å²) < 4.78 is 0. The van der Waals surface area contributed by atoms with Crippen molar-refractivity contribution in [1.82, 2.24) is 0 Å². The molecule has 1 aliphatic carbocycles. The maximum absolute atomic E-state index is 2.46. The van der Waals surface area contributed by atoms with Crippen molar-refractivity contribution in [3.63, 3.8) is 0 Å². The zero-order valence-corrected chi connectivity index (χ0v) is 13.4. The molecule has 0 nitrogen and oxygen atoms in total. The number of allylic oxidation sites excluding steroid dienone is 1. The highest BCUT2D eigenvalue weighted by Gasteiger charge is 2.22. The first-order valence-electron chi connectivity index (χ1n) is 8.13. The average Bonchev–Trinajstić information content (AvgIpc) is 2.76. The minimum atomic E-state index is 1.18. The highest BCUT2D eigenvalue weighted by molar-refractivity contribution is 6.01. The third-order valence-electron chi connectivity index (χ3n) is 4.38. The van der Waals surface area contributed by atoms with Crippen molar-refractivity contribution in [2.75, 3.05) is 0 Å². The van der Waals surface area contributed by atoms with Gasteiger partial charge in [0.2, 0.25) is 0 Å². The van der Waals surface area contributed by atoms with Crippen LogP contribution in [-0.4, -0.2) is 0 Å². The smallest absolute Gasteiger partial charge is 0.00989 e. The van der Waals surface area contributed by atoms with Gasteiger partial charge in [0.25, 0.3) is 0 Å². The van der Waals surface area contributed by atoms with Gasteiger partial charge in [0.15, 0.2) is 0 Å². The molecular weight excluding hydrogens is 252 g/mol. The van der Waals surface area contributed by atoms with Crippen LogP contribution < -0.4 is 0 Å². The van der Waals surface area contributed by atoms with E-state index in [1.54, 1.807) is 0 Å². The number of unbranched alkanes of at least 4 members (excludes halogenated alkanes) is 3. The van der Waals surface area contributed by atoms with E-state index in [2.05, 4.69) is 63.2 Å². The highest BCUT2D eigenvalue weighted by Crippen LogP contribution is 2.45. The van der Waals surface area contributed by atoms with Crippen LogP contribution in [0, 0.1) is 13.8 Å². The van der Waals surface area contributed by atoms with E-state index in [0.29, 0.717) is 0 Å². The molecular formula is C21H24. The molecule has 0 fully saturated rings. The molecule has 0 aromatic heterocycles. The molecule has 0 atom stereocenters. The Hall–Kier alpha value is -1.82. The second-order valence-corrected chi connectivity index (χ2v) is 6.21. The summed E-state index contributed by atoms with van der Waals surface area (Å²) in [5.74, 6) is 0. The van der Waals surface area contributed by atoms with Gasteiger partial charge >= 0.3 is 0 Å². The van der Waals surface area contributed by atoms with Crippen molar-refractivity contribution in [3.05, 3.63) is 64.7 Å². The summed E-state index contributed by atoms with van der Waals surface area (Å²) in [4.78, 5) is 0. The molecule has 0 saturated heterocycles. The Bertz CT molecular complexity index is 636. The lowest BCUT2D eigenvalue weighted by molar-refractivity contribution is 0.730. The lowest BCUT2D eigenvalue weighted by Crippen LogP contribution is -1.84. The van der Waals surface area contributed by atoms with Gasteiger partial charge in [0.1, 0.15) is 0 Å². The fraction of sp³-hybridized carbons (Fsp3) is 0.333. The Morgan fingerprint density at radius 3 is 1.86 bits per heavy atom. The molecule has 2 aromatic carbocycles. The minimum absolute atomic E-state index is 1.18. The van der Waals surface area contributed by atoms with E-state index in [1.807, 2.05) is 0 Å². The topological polar surface area (TPSA) is 0 Å². The molecule has 1 aliphatic rings. The molecule has 0 saturated carbocycles. The Labute approximate surface area is 128 Å². The van der Waals surface area contributed by atoms with E-state index >= 15 is 0 Å². The Morgan fingerprint density at radius 2 is 1.33 bits per heavy atom. The Morgan fingerprint density at radius 1 is 0.762 bits per heavy atom. The van der Waals surface area contributed by atoms with Crippen LogP contribution in [-0.2, 0) is 0 Å². The third-order valence-corrected chi connectivity index (χ3v) is 4.38. The van der Waals surface area contributed by atoms with Crippen molar-refractivity contribution in [2.24, 2.45) is 0 Å². The van der Waals surface area contributed by atoms with Crippen molar-refractivity contribution in [2.45, 2.75) is 46.5 Å². The number of hydrogen-bond donors (Lipinski definition) is 0. The fourth-order valence-electron chi connectivity index (χ4n) is 3.24. The zero-order chi connectivity index (χ0) is 14.8. The van der Waals surface area contributed by atoms with Gasteiger partial charge in [0, 0.05) is 0 Å². The molecule has 0 bridgehead atoms. The summed E-state index contributed by atoms with van der Waals surface area (Å²) in [7, 11) is 0. The molecule has 3 rings (SSSR count). The van der Waals surface area contributed by atoms with Crippen molar-refractivity contribution < 1.29 is 0 Å². The van der Waals surface area contributed by atoms with Crippen LogP contribution in [0.2, 0.25) is 0 Å². The van der Waals surface area contributed by atoms with Crippen molar-refractivity contribution >= 4 is 5.57 Å². The van der Waals surface area contributed by atoms with E-state index < -0.39 is 0 Å². The van der Waals surface area contributed by atoms with Crippen LogP contribution in [0.5, 0.6) is 0 Å². The van der Waals surface area contributed by atoms with Crippen LogP contribution in [0.3, 0.4) is 0 Å². The molecule has 0 heteroatoms. The number of rotatable bonds is 4. The van der Waals surface area contributed by atoms with Gasteiger partial charge in [-0.15, -0.1) is 0 Å². The summed E-state index contributed by atoms with van der Waals surface area (Å²) in [6.07, 6.45) is 7.55. The molecule has 21 heavy (non-hydrogen) atoms. The summed E-state index contributed by atoms with van der Waals surface area (Å²) in [5.41, 5.74) is 9.79. The fourth-order valence-corrected chi connectivity index (χ4v) is 3.24. The van der Waals surface area contributed by atoms with Gasteiger partial charge in [-0.05, 0) is 54.5 Å². The normalized spacial score (nSPS) is 12.2. The maximum atomic E-state index is 2.46. The van der Waals surface area contributed by atoms with Crippen LogP contribution in [0.4, 0.5) is 0 Å². The molecule has 0 unspecified atom stereocenters. The van der Waals surface area contributed by atoms with Gasteiger partial charge in [-0.25, -0.2) is 0 Å². The lowest BCUT2D eigenvalue weighted by Gasteiger charge is -2.05. The predicted octanol–water partition coefficient (Wildman–Crippen LogP) is 6.30. The standard InChI is InChI=1S/C21H24/c1-4-5-6-7-8-17-20-13-15(2)9-11-18(20)19-12-10-16(3)14-21(17)19/h8-14H,4-7H2,1-3H3. The Balaban J connectivity index is 2.07. The molecule has 0 N–H and O–H groups in total. The largest absolute Gasteiger partial charge is 0.0760 e. The summed E-state index contributed by atoms with van der Waals surface area (Å²) in [6, 6.07) is 13.7. The van der Waals surface area contributed by atoms with E-state index in [-0.39, 0.29) is 0 Å². The first-order chi connectivity index (χ1) is 10.2. The second-order valence-electron chi connectivity index (χ2n) is 6.21. The highest BCUT2D eigenvalue weighted by atomic mass is 14.3. The van der Waals surface area contributed by atoms with E-state index in [0.717, 1.165) is 0 Å². The van der Waals surface area contributed by atoms with Crippen molar-refractivity contribution in [3.8, 4) is 11.1 Å². The second kappa shape index (κ2) is 5.89. The third kappa shape index (κ3) is 2.68. The minimum Gasteiger partial charge on any atom is -0.0760 e. The van der Waals surface area contributed by atoms with Crippen LogP contribution in [0.1, 0.15) is 54.9 Å². The number of benzene rings is 2. The molecule has 0 spiro atoms. The first-order valence-corrected chi connectivity index (χ1v) is 8.13. The summed E-state index contributed by atoms with van der Waals surface area (Å²) >= 11 is 0. The quantitative estimate of drug-likeness (QED) is 0.491. The molecule has 2 aromatic rings. The SMILES string of the molecule is CCCCCC=C1c2cc(C)ccc2-c2ccc(C)cc21. The zero-order valence-electron chi connectivity index (χ0n) is 13.4. The molecule has 0 radical (unpaired) electrons. The summed E-state index contributed by atoms with van der Waals surface area (Å²) in [5, 5.41) is 0. The van der Waals surface area contributed by atoms with Crippen LogP contribution in [0.25, 0.3) is 16.7 Å². The number of fused-ring (bicyclic) bond motifs is 3. The van der Waals surface area contributed by atoms with Gasteiger partial charge in [-0.1, -0.05) is 73.4 Å². The van der Waals surface area contributed by atoms with E-state index in [1.165, 1.54) is 64.6 Å². The van der Waals surface area contributed by atoms with Gasteiger partial charge in [-0.3, -0.25) is 0 Å². The molecule has 108 valence electrons. The molecule has 0 amide bonds. The molecule has 0 heterocycles. The van der Waals surface area contributed by atoms with E-state index in [4.69, 9.17) is 0 Å². The van der Waals surface area contributed by atoms with E-state index in [9.17, 15) is 0 Å². The monoisotopic (exact) mass is 276 g/mol. The first kappa shape index (κ1) is 14.1. The lowest BCUT2D eigenvalue weighted by atomic mass is 10.00. The van der Waals surface area contributed by atoms with Gasteiger partial charge in [-0.2, -0.15) is 0 Å². The van der Waals surface area contributed by atoms with Crippen LogP contribution in [0.15, 0.2) is 42.5 Å². The number of aryl methyl sites for hydroxylation is 2. The average molecular weight is 276 g/mol. The van der Waals surface area contributed by atoms with Gasteiger partial charge in [0.05, 0.1) is 0 Å². The maximum Gasteiger partial charge on any atom is -0.00989 e. The summed E-state index contributed by atoms with van der Waals surface area (Å²) in [6.45, 7) is 6.63. The molecule has 0 aliphatic heterocycles.